The predicted molar refractivity (Wildman–Crippen MR) is 107 cm³/mol. The Hall–Kier alpha value is -3.30. The lowest BCUT2D eigenvalue weighted by atomic mass is 10.1. The molecule has 3 N–H and O–H groups in total. The molecule has 27 heavy (non-hydrogen) atoms. The molecular formula is C20H18ClN5O. The Morgan fingerprint density at radius 3 is 2.74 bits per heavy atom. The van der Waals surface area contributed by atoms with Gasteiger partial charge in [-0.25, -0.2) is 9.97 Å². The van der Waals surface area contributed by atoms with Crippen LogP contribution in [0.4, 0.5) is 5.95 Å². The summed E-state index contributed by atoms with van der Waals surface area (Å²) in [5, 5.41) is 2.87. The van der Waals surface area contributed by atoms with E-state index in [2.05, 4.69) is 27.1 Å². The first-order valence-electron chi connectivity index (χ1n) is 8.30. The van der Waals surface area contributed by atoms with Gasteiger partial charge in [-0.2, -0.15) is 0 Å². The van der Waals surface area contributed by atoms with Crippen molar-refractivity contribution in [3.8, 4) is 23.2 Å². The molecule has 3 aromatic rings. The summed E-state index contributed by atoms with van der Waals surface area (Å²) in [6, 6.07) is 11.6. The van der Waals surface area contributed by atoms with E-state index in [1.165, 1.54) is 0 Å². The fraction of sp³-hybridized carbons (Fsp3) is 0.150. The summed E-state index contributed by atoms with van der Waals surface area (Å²) < 4.78 is 1.99. The summed E-state index contributed by atoms with van der Waals surface area (Å²) in [6.07, 6.45) is 2.41. The van der Waals surface area contributed by atoms with Crippen LogP contribution in [-0.4, -0.2) is 27.0 Å². The van der Waals surface area contributed by atoms with Gasteiger partial charge in [-0.1, -0.05) is 30.0 Å². The molecule has 6 nitrogen and oxygen atoms in total. The van der Waals surface area contributed by atoms with Gasteiger partial charge in [0.15, 0.2) is 0 Å². The van der Waals surface area contributed by atoms with Crippen molar-refractivity contribution < 1.29 is 4.79 Å². The van der Waals surface area contributed by atoms with Gasteiger partial charge in [0.05, 0.1) is 16.8 Å². The summed E-state index contributed by atoms with van der Waals surface area (Å²) in [5.74, 6) is 6.36. The number of nitrogens with zero attached hydrogens (tertiary/aromatic N) is 3. The molecule has 1 amide bonds. The van der Waals surface area contributed by atoms with Crippen LogP contribution in [-0.2, 0) is 13.5 Å². The number of nitrogen functional groups attached to an aromatic ring is 1. The minimum absolute atomic E-state index is 0. The maximum Gasteiger partial charge on any atom is 0.253 e. The van der Waals surface area contributed by atoms with Gasteiger partial charge in [0.1, 0.15) is 5.69 Å². The Balaban J connectivity index is 0.00000210. The number of nitrogens with two attached hydrogens (primary N) is 1. The van der Waals surface area contributed by atoms with Crippen molar-refractivity contribution in [1.82, 2.24) is 19.9 Å². The molecule has 0 radical (unpaired) electrons. The highest BCUT2D eigenvalue weighted by Gasteiger charge is 2.24. The number of amides is 1. The van der Waals surface area contributed by atoms with Crippen LogP contribution in [0.1, 0.15) is 27.2 Å². The van der Waals surface area contributed by atoms with Crippen molar-refractivity contribution in [3.05, 3.63) is 65.0 Å². The molecule has 7 heteroatoms. The SMILES string of the molecule is Cl.Cn1c(-c2nc(N)ncc2C#Cc2ccccc2)cc2c1CCNC2=O. The monoisotopic (exact) mass is 379 g/mol. The molecule has 4 rings (SSSR count). The van der Waals surface area contributed by atoms with Crippen LogP contribution in [0.5, 0.6) is 0 Å². The summed E-state index contributed by atoms with van der Waals surface area (Å²) in [4.78, 5) is 20.6. The van der Waals surface area contributed by atoms with Crippen molar-refractivity contribution in [3.63, 3.8) is 0 Å². The molecule has 0 spiro atoms. The number of rotatable bonds is 1. The van der Waals surface area contributed by atoms with E-state index in [0.29, 0.717) is 23.4 Å². The van der Waals surface area contributed by atoms with Gasteiger partial charge in [0.25, 0.3) is 5.91 Å². The van der Waals surface area contributed by atoms with Crippen molar-refractivity contribution >= 4 is 24.3 Å². The summed E-state index contributed by atoms with van der Waals surface area (Å²) in [6.45, 7) is 0.635. The highest BCUT2D eigenvalue weighted by molar-refractivity contribution is 5.98. The smallest absolute Gasteiger partial charge is 0.253 e. The van der Waals surface area contributed by atoms with Crippen molar-refractivity contribution in [2.24, 2.45) is 7.05 Å². The van der Waals surface area contributed by atoms with Crippen LogP contribution in [0.2, 0.25) is 0 Å². The van der Waals surface area contributed by atoms with Gasteiger partial charge in [0.2, 0.25) is 5.95 Å². The van der Waals surface area contributed by atoms with Gasteiger partial charge >= 0.3 is 0 Å². The number of nitrogens with one attached hydrogen (secondary N) is 1. The van der Waals surface area contributed by atoms with Gasteiger partial charge < -0.3 is 15.6 Å². The molecule has 0 atom stereocenters. The fourth-order valence-electron chi connectivity index (χ4n) is 3.10. The Kier molecular flexibility index (Phi) is 5.15. The molecule has 0 bridgehead atoms. The highest BCUT2D eigenvalue weighted by atomic mass is 35.5. The van der Waals surface area contributed by atoms with Crippen LogP contribution >= 0.6 is 12.4 Å². The Morgan fingerprint density at radius 2 is 2.00 bits per heavy atom. The summed E-state index contributed by atoms with van der Waals surface area (Å²) in [7, 11) is 1.93. The van der Waals surface area contributed by atoms with Gasteiger partial charge in [-0.05, 0) is 18.2 Å². The van der Waals surface area contributed by atoms with Gasteiger partial charge in [-0.15, -0.1) is 12.4 Å². The molecule has 1 aliphatic heterocycles. The van der Waals surface area contributed by atoms with E-state index >= 15 is 0 Å². The molecule has 0 saturated carbocycles. The van der Waals surface area contributed by atoms with Crippen LogP contribution in [0, 0.1) is 11.8 Å². The first-order chi connectivity index (χ1) is 12.6. The largest absolute Gasteiger partial charge is 0.368 e. The number of fused-ring (bicyclic) bond motifs is 1. The molecule has 1 aliphatic rings. The third-order valence-corrected chi connectivity index (χ3v) is 4.42. The maximum absolute atomic E-state index is 12.1. The standard InChI is InChI=1S/C20H17N5O.ClH/c1-25-16-9-10-22-19(26)15(16)11-17(25)18-14(12-23-20(21)24-18)8-7-13-5-3-2-4-6-13;/h2-6,11-12H,9-10H2,1H3,(H,22,26)(H2,21,23,24);1H. The molecule has 0 saturated heterocycles. The zero-order chi connectivity index (χ0) is 18.1. The zero-order valence-electron chi connectivity index (χ0n) is 14.7. The second-order valence-corrected chi connectivity index (χ2v) is 6.06. The zero-order valence-corrected chi connectivity index (χ0v) is 15.5. The van der Waals surface area contributed by atoms with E-state index < -0.39 is 0 Å². The first kappa shape index (κ1) is 18.5. The minimum atomic E-state index is -0.0629. The lowest BCUT2D eigenvalue weighted by molar-refractivity contribution is 0.0945. The number of hydrogen-bond acceptors (Lipinski definition) is 4. The quantitative estimate of drug-likeness (QED) is 0.634. The molecule has 2 aromatic heterocycles. The fourth-order valence-corrected chi connectivity index (χ4v) is 3.10. The van der Waals surface area contributed by atoms with E-state index in [0.717, 1.165) is 23.4 Å². The Labute approximate surface area is 163 Å². The number of halogens is 1. The average Bonchev–Trinajstić information content (AvgIpc) is 3.00. The number of carbonyl (C=O) groups is 1. The Bertz CT molecular complexity index is 1060. The molecule has 1 aromatic carbocycles. The minimum Gasteiger partial charge on any atom is -0.368 e. The van der Waals surface area contributed by atoms with Crippen LogP contribution < -0.4 is 11.1 Å². The number of hydrogen-bond donors (Lipinski definition) is 2. The second kappa shape index (κ2) is 7.52. The van der Waals surface area contributed by atoms with E-state index in [1.807, 2.05) is 48.0 Å². The van der Waals surface area contributed by atoms with E-state index in [9.17, 15) is 4.79 Å². The number of benzene rings is 1. The maximum atomic E-state index is 12.1. The van der Waals surface area contributed by atoms with Crippen molar-refractivity contribution in [1.29, 1.82) is 0 Å². The van der Waals surface area contributed by atoms with Crippen LogP contribution in [0.3, 0.4) is 0 Å². The molecule has 0 aliphatic carbocycles. The number of aromatic nitrogens is 3. The third kappa shape index (κ3) is 3.50. The highest BCUT2D eigenvalue weighted by Crippen LogP contribution is 2.28. The number of carbonyl (C=O) groups excluding carboxylic acids is 1. The molecule has 3 heterocycles. The molecular weight excluding hydrogens is 362 g/mol. The lowest BCUT2D eigenvalue weighted by Crippen LogP contribution is -2.31. The van der Waals surface area contributed by atoms with Crippen molar-refractivity contribution in [2.45, 2.75) is 6.42 Å². The van der Waals surface area contributed by atoms with E-state index in [1.54, 1.807) is 6.20 Å². The van der Waals surface area contributed by atoms with Gasteiger partial charge in [0, 0.05) is 37.5 Å². The summed E-state index contributed by atoms with van der Waals surface area (Å²) >= 11 is 0. The first-order valence-corrected chi connectivity index (χ1v) is 8.30. The number of anilines is 1. The Morgan fingerprint density at radius 1 is 1.22 bits per heavy atom. The topological polar surface area (TPSA) is 85.8 Å². The summed E-state index contributed by atoms with van der Waals surface area (Å²) in [5.41, 5.74) is 10.5. The molecule has 136 valence electrons. The average molecular weight is 380 g/mol. The normalized spacial score (nSPS) is 12.3. The van der Waals surface area contributed by atoms with E-state index in [4.69, 9.17) is 5.73 Å². The van der Waals surface area contributed by atoms with Gasteiger partial charge in [-0.3, -0.25) is 4.79 Å². The molecule has 0 fully saturated rings. The van der Waals surface area contributed by atoms with Crippen LogP contribution in [0.15, 0.2) is 42.6 Å². The van der Waals surface area contributed by atoms with Crippen LogP contribution in [0.25, 0.3) is 11.4 Å². The lowest BCUT2D eigenvalue weighted by Gasteiger charge is -2.14. The molecule has 0 unspecified atom stereocenters. The van der Waals surface area contributed by atoms with Crippen molar-refractivity contribution in [2.75, 3.05) is 12.3 Å². The second-order valence-electron chi connectivity index (χ2n) is 6.06. The van der Waals surface area contributed by atoms with E-state index in [-0.39, 0.29) is 24.3 Å². The third-order valence-electron chi connectivity index (χ3n) is 4.42. The predicted octanol–water partition coefficient (Wildman–Crippen LogP) is 2.17.